The molecule has 0 radical (unpaired) electrons. The maximum absolute atomic E-state index is 10.7. The first-order chi connectivity index (χ1) is 9.65. The lowest BCUT2D eigenvalue weighted by molar-refractivity contribution is 0.174. The highest BCUT2D eigenvalue weighted by molar-refractivity contribution is 8.07. The van der Waals surface area contributed by atoms with Crippen LogP contribution in [0.4, 0.5) is 0 Å². The Hall–Kier alpha value is -0.710. The van der Waals surface area contributed by atoms with Crippen LogP contribution in [0.5, 0.6) is 0 Å². The zero-order valence-electron chi connectivity index (χ0n) is 11.7. The fraction of sp³-hybridized carbons (Fsp3) is 0.438. The van der Waals surface area contributed by atoms with Crippen molar-refractivity contribution in [2.24, 2.45) is 0 Å². The Morgan fingerprint density at radius 1 is 1.20 bits per heavy atom. The maximum Gasteiger partial charge on any atom is 0.0919 e. The van der Waals surface area contributed by atoms with Crippen LogP contribution in [0.2, 0.25) is 0 Å². The fourth-order valence-corrected chi connectivity index (χ4v) is 5.45. The number of pyridine rings is 1. The number of fused-ring (bicyclic) bond motifs is 1. The van der Waals surface area contributed by atoms with E-state index in [2.05, 4.69) is 24.0 Å². The lowest BCUT2D eigenvalue weighted by atomic mass is 10.0. The van der Waals surface area contributed by atoms with Crippen LogP contribution in [0.3, 0.4) is 0 Å². The van der Waals surface area contributed by atoms with Crippen LogP contribution in [0, 0.1) is 6.92 Å². The highest BCUT2D eigenvalue weighted by Crippen LogP contribution is 2.39. The van der Waals surface area contributed by atoms with Gasteiger partial charge in [0.1, 0.15) is 0 Å². The largest absolute Gasteiger partial charge is 0.387 e. The monoisotopic (exact) mass is 305 g/mol. The molecule has 1 aromatic carbocycles. The van der Waals surface area contributed by atoms with E-state index in [4.69, 9.17) is 0 Å². The molecule has 2 heterocycles. The van der Waals surface area contributed by atoms with Crippen molar-refractivity contribution in [1.29, 1.82) is 0 Å². The number of hydrogen-bond acceptors (Lipinski definition) is 4. The molecule has 2 aromatic rings. The Morgan fingerprint density at radius 3 is 2.80 bits per heavy atom. The summed E-state index contributed by atoms with van der Waals surface area (Å²) in [6.45, 7) is 4.22. The summed E-state index contributed by atoms with van der Waals surface area (Å²) >= 11 is 3.86. The number of nitrogens with zero attached hydrogens (tertiary/aromatic N) is 1. The third kappa shape index (κ3) is 2.83. The molecule has 0 aliphatic carbocycles. The van der Waals surface area contributed by atoms with Crippen LogP contribution < -0.4 is 0 Å². The molecule has 0 bridgehead atoms. The van der Waals surface area contributed by atoms with Crippen molar-refractivity contribution >= 4 is 34.4 Å². The first-order valence-corrected chi connectivity index (χ1v) is 9.03. The third-order valence-corrected chi connectivity index (χ3v) is 6.92. The summed E-state index contributed by atoms with van der Waals surface area (Å²) in [5.41, 5.74) is 3.04. The molecule has 1 aromatic heterocycles. The van der Waals surface area contributed by atoms with Gasteiger partial charge in [-0.3, -0.25) is 4.98 Å². The molecule has 3 atom stereocenters. The maximum atomic E-state index is 10.7. The van der Waals surface area contributed by atoms with Gasteiger partial charge in [0.05, 0.1) is 11.6 Å². The molecule has 1 aliphatic rings. The van der Waals surface area contributed by atoms with Crippen molar-refractivity contribution in [3.63, 3.8) is 0 Å². The Balaban J connectivity index is 1.91. The van der Waals surface area contributed by atoms with Gasteiger partial charge < -0.3 is 5.11 Å². The van der Waals surface area contributed by atoms with Crippen molar-refractivity contribution in [1.82, 2.24) is 4.98 Å². The minimum Gasteiger partial charge on any atom is -0.387 e. The molecular weight excluding hydrogens is 286 g/mol. The fourth-order valence-electron chi connectivity index (χ4n) is 2.62. The van der Waals surface area contributed by atoms with Crippen molar-refractivity contribution in [3.8, 4) is 0 Å². The first-order valence-electron chi connectivity index (χ1n) is 6.94. The summed E-state index contributed by atoms with van der Waals surface area (Å²) in [5.74, 6) is 2.32. The number of aliphatic hydroxyl groups is 1. The van der Waals surface area contributed by atoms with Crippen molar-refractivity contribution in [3.05, 3.63) is 41.6 Å². The van der Waals surface area contributed by atoms with E-state index in [-0.39, 0.29) is 5.25 Å². The molecule has 1 N–H and O–H groups in total. The highest BCUT2D eigenvalue weighted by Gasteiger charge is 2.30. The van der Waals surface area contributed by atoms with Crippen LogP contribution >= 0.6 is 23.5 Å². The summed E-state index contributed by atoms with van der Waals surface area (Å²) in [5, 5.41) is 12.6. The van der Waals surface area contributed by atoms with E-state index >= 15 is 0 Å². The Labute approximate surface area is 128 Å². The summed E-state index contributed by atoms with van der Waals surface area (Å²) in [6, 6.07) is 10.2. The Kier molecular flexibility index (Phi) is 4.24. The molecule has 0 saturated carbocycles. The molecule has 4 heteroatoms. The Bertz CT molecular complexity index is 616. The zero-order chi connectivity index (χ0) is 14.1. The zero-order valence-corrected chi connectivity index (χ0v) is 13.4. The number of rotatable bonds is 2. The summed E-state index contributed by atoms with van der Waals surface area (Å²) < 4.78 is 0. The van der Waals surface area contributed by atoms with Crippen molar-refractivity contribution < 1.29 is 5.11 Å². The van der Waals surface area contributed by atoms with Crippen molar-refractivity contribution in [2.45, 2.75) is 30.5 Å². The molecule has 106 valence electrons. The number of hydrogen-bond donors (Lipinski definition) is 1. The van der Waals surface area contributed by atoms with Gasteiger partial charge in [-0.1, -0.05) is 19.1 Å². The van der Waals surface area contributed by atoms with E-state index in [0.29, 0.717) is 5.25 Å². The number of thioether (sulfide) groups is 2. The van der Waals surface area contributed by atoms with Gasteiger partial charge in [-0.15, -0.1) is 0 Å². The van der Waals surface area contributed by atoms with Crippen LogP contribution in [0.1, 0.15) is 24.3 Å². The molecule has 2 nitrogen and oxygen atoms in total. The summed E-state index contributed by atoms with van der Waals surface area (Å²) in [4.78, 5) is 4.51. The molecular formula is C16H19NOS2. The van der Waals surface area contributed by atoms with Crippen molar-refractivity contribution in [2.75, 3.05) is 11.5 Å². The number of aryl methyl sites for hydroxylation is 1. The SMILES string of the molecule is Cc1ccc2cc(C(O)C3SCCSC3C)ccc2n1. The molecule has 0 spiro atoms. The molecule has 1 aliphatic heterocycles. The van der Waals surface area contributed by atoms with E-state index in [9.17, 15) is 5.11 Å². The second kappa shape index (κ2) is 5.96. The molecule has 20 heavy (non-hydrogen) atoms. The number of aliphatic hydroxyl groups excluding tert-OH is 1. The average molecular weight is 305 g/mol. The minimum absolute atomic E-state index is 0.282. The molecule has 1 fully saturated rings. The van der Waals surface area contributed by atoms with E-state index in [1.54, 1.807) is 0 Å². The van der Waals surface area contributed by atoms with Crippen LogP contribution in [0.15, 0.2) is 30.3 Å². The van der Waals surface area contributed by atoms with E-state index in [0.717, 1.165) is 27.9 Å². The number of benzene rings is 1. The minimum atomic E-state index is -0.395. The molecule has 3 rings (SSSR count). The predicted octanol–water partition coefficient (Wildman–Crippen LogP) is 3.81. The topological polar surface area (TPSA) is 33.1 Å². The quantitative estimate of drug-likeness (QED) is 0.914. The summed E-state index contributed by atoms with van der Waals surface area (Å²) in [7, 11) is 0. The van der Waals surface area contributed by atoms with Crippen LogP contribution in [0.25, 0.3) is 10.9 Å². The van der Waals surface area contributed by atoms with Gasteiger partial charge >= 0.3 is 0 Å². The van der Waals surface area contributed by atoms with Gasteiger partial charge in [-0.2, -0.15) is 23.5 Å². The smallest absolute Gasteiger partial charge is 0.0919 e. The van der Waals surface area contributed by atoms with Gasteiger partial charge in [-0.25, -0.2) is 0 Å². The van der Waals surface area contributed by atoms with Crippen LogP contribution in [-0.4, -0.2) is 32.1 Å². The van der Waals surface area contributed by atoms with E-state index < -0.39 is 6.10 Å². The molecule has 0 amide bonds. The second-order valence-electron chi connectivity index (χ2n) is 5.26. The standard InChI is InChI=1S/C16H19NOS2/c1-10-3-4-12-9-13(5-6-14(12)17-10)15(18)16-11(2)19-7-8-20-16/h3-6,9,11,15-16,18H,7-8H2,1-2H3. The van der Waals surface area contributed by atoms with E-state index in [1.165, 1.54) is 5.75 Å². The Morgan fingerprint density at radius 2 is 2.00 bits per heavy atom. The van der Waals surface area contributed by atoms with Gasteiger partial charge in [0.2, 0.25) is 0 Å². The molecule has 3 unspecified atom stereocenters. The average Bonchev–Trinajstić information content (AvgIpc) is 2.46. The highest BCUT2D eigenvalue weighted by atomic mass is 32.2. The second-order valence-corrected chi connectivity index (χ2v) is 8.03. The number of aromatic nitrogens is 1. The van der Waals surface area contributed by atoms with Gasteiger partial charge in [0, 0.05) is 33.1 Å². The first kappa shape index (κ1) is 14.2. The normalized spacial score (nSPS) is 24.8. The van der Waals surface area contributed by atoms with E-state index in [1.807, 2.05) is 48.6 Å². The molecule has 1 saturated heterocycles. The summed E-state index contributed by atoms with van der Waals surface area (Å²) in [6.07, 6.45) is -0.395. The predicted molar refractivity (Wildman–Crippen MR) is 89.6 cm³/mol. The van der Waals surface area contributed by atoms with Gasteiger partial charge in [0.15, 0.2) is 0 Å². The lowest BCUT2D eigenvalue weighted by Crippen LogP contribution is -2.29. The lowest BCUT2D eigenvalue weighted by Gasteiger charge is -2.31. The third-order valence-electron chi connectivity index (χ3n) is 3.74. The van der Waals surface area contributed by atoms with Crippen LogP contribution in [-0.2, 0) is 0 Å². The van der Waals surface area contributed by atoms with Gasteiger partial charge in [0.25, 0.3) is 0 Å². The van der Waals surface area contributed by atoms with Gasteiger partial charge in [-0.05, 0) is 30.7 Å².